The van der Waals surface area contributed by atoms with E-state index in [4.69, 9.17) is 4.52 Å². The van der Waals surface area contributed by atoms with E-state index in [0.29, 0.717) is 43.8 Å². The number of carbonyl (C=O) groups excluding carboxylic acids is 2. The van der Waals surface area contributed by atoms with Crippen LogP contribution in [0.15, 0.2) is 22.7 Å². The van der Waals surface area contributed by atoms with Crippen molar-refractivity contribution in [2.45, 2.75) is 39.0 Å². The first-order valence-electron chi connectivity index (χ1n) is 7.62. The molecule has 0 spiro atoms. The summed E-state index contributed by atoms with van der Waals surface area (Å²) in [6.07, 6.45) is 2.80. The Labute approximate surface area is 133 Å². The van der Waals surface area contributed by atoms with Crippen LogP contribution in [0.1, 0.15) is 36.5 Å². The van der Waals surface area contributed by atoms with Crippen LogP contribution in [0.25, 0.3) is 0 Å². The Morgan fingerprint density at radius 2 is 2.26 bits per heavy atom. The zero-order valence-electron chi connectivity index (χ0n) is 12.9. The minimum absolute atomic E-state index is 0.0329. The highest BCUT2D eigenvalue weighted by molar-refractivity contribution is 5.95. The van der Waals surface area contributed by atoms with Crippen LogP contribution in [0.3, 0.4) is 0 Å². The molecule has 0 radical (unpaired) electrons. The van der Waals surface area contributed by atoms with Gasteiger partial charge in [-0.15, -0.1) is 0 Å². The van der Waals surface area contributed by atoms with Gasteiger partial charge < -0.3 is 15.2 Å². The molecule has 2 N–H and O–H groups in total. The van der Waals surface area contributed by atoms with Crippen molar-refractivity contribution in [3.8, 4) is 0 Å². The first-order chi connectivity index (χ1) is 11.1. The van der Waals surface area contributed by atoms with Gasteiger partial charge in [0.05, 0.1) is 0 Å². The van der Waals surface area contributed by atoms with Gasteiger partial charge in [-0.1, -0.05) is 5.16 Å². The first-order valence-corrected chi connectivity index (χ1v) is 7.62. The highest BCUT2D eigenvalue weighted by atomic mass is 16.5. The number of aryl methyl sites for hydroxylation is 3. The predicted octanol–water partition coefficient (Wildman–Crippen LogP) is 2.22. The lowest BCUT2D eigenvalue weighted by atomic mass is 10.0. The fraction of sp³-hybridized carbons (Fsp3) is 0.375. The topological polar surface area (TPSA) is 97.1 Å². The van der Waals surface area contributed by atoms with E-state index in [1.165, 1.54) is 0 Å². The van der Waals surface area contributed by atoms with E-state index in [9.17, 15) is 9.59 Å². The third kappa shape index (κ3) is 3.94. The summed E-state index contributed by atoms with van der Waals surface area (Å²) in [5.74, 6) is 1.14. The molecular weight excluding hydrogens is 296 g/mol. The molecule has 1 aromatic carbocycles. The number of hydrogen-bond donors (Lipinski definition) is 2. The fourth-order valence-corrected chi connectivity index (χ4v) is 2.53. The summed E-state index contributed by atoms with van der Waals surface area (Å²) < 4.78 is 5.01. The number of rotatable bonds is 5. The predicted molar refractivity (Wildman–Crippen MR) is 84.0 cm³/mol. The van der Waals surface area contributed by atoms with Crippen molar-refractivity contribution in [2.75, 3.05) is 10.6 Å². The lowest BCUT2D eigenvalue weighted by molar-refractivity contribution is -0.117. The zero-order chi connectivity index (χ0) is 16.2. The van der Waals surface area contributed by atoms with Crippen molar-refractivity contribution >= 4 is 23.2 Å². The maximum atomic E-state index is 12.0. The minimum atomic E-state index is -0.0546. The quantitative estimate of drug-likeness (QED) is 0.882. The molecule has 1 aliphatic rings. The third-order valence-corrected chi connectivity index (χ3v) is 3.65. The van der Waals surface area contributed by atoms with Gasteiger partial charge in [-0.3, -0.25) is 9.59 Å². The first kappa shape index (κ1) is 15.2. The number of amides is 2. The average molecular weight is 314 g/mol. The van der Waals surface area contributed by atoms with Crippen molar-refractivity contribution in [1.29, 1.82) is 0 Å². The second-order valence-electron chi connectivity index (χ2n) is 5.56. The fourth-order valence-electron chi connectivity index (χ4n) is 2.53. The average Bonchev–Trinajstić information content (AvgIpc) is 2.93. The van der Waals surface area contributed by atoms with Crippen LogP contribution in [-0.2, 0) is 22.4 Å². The van der Waals surface area contributed by atoms with Crippen LogP contribution in [-0.4, -0.2) is 22.0 Å². The number of anilines is 2. The molecule has 1 aromatic heterocycles. The Balaban J connectivity index is 1.50. The number of aromatic nitrogens is 2. The molecule has 1 aliphatic heterocycles. The summed E-state index contributed by atoms with van der Waals surface area (Å²) in [5.41, 5.74) is 2.62. The van der Waals surface area contributed by atoms with Crippen LogP contribution >= 0.6 is 0 Å². The minimum Gasteiger partial charge on any atom is -0.339 e. The number of carbonyl (C=O) groups is 2. The van der Waals surface area contributed by atoms with Crippen molar-refractivity contribution in [3.63, 3.8) is 0 Å². The number of hydrogen-bond acceptors (Lipinski definition) is 5. The molecule has 7 nitrogen and oxygen atoms in total. The van der Waals surface area contributed by atoms with E-state index < -0.39 is 0 Å². The highest BCUT2D eigenvalue weighted by Crippen LogP contribution is 2.25. The van der Waals surface area contributed by atoms with E-state index in [2.05, 4.69) is 20.8 Å². The summed E-state index contributed by atoms with van der Waals surface area (Å²) in [7, 11) is 0. The van der Waals surface area contributed by atoms with Crippen molar-refractivity contribution < 1.29 is 14.1 Å². The summed E-state index contributed by atoms with van der Waals surface area (Å²) >= 11 is 0. The number of nitrogens with one attached hydrogen (secondary N) is 2. The van der Waals surface area contributed by atoms with Gasteiger partial charge in [0.1, 0.15) is 0 Å². The Bertz CT molecular complexity index is 739. The van der Waals surface area contributed by atoms with E-state index in [1.54, 1.807) is 13.0 Å². The molecule has 2 aromatic rings. The Hall–Kier alpha value is -2.70. The van der Waals surface area contributed by atoms with Crippen LogP contribution in [0.4, 0.5) is 11.4 Å². The monoisotopic (exact) mass is 314 g/mol. The number of benzene rings is 1. The molecule has 0 fully saturated rings. The van der Waals surface area contributed by atoms with Gasteiger partial charge >= 0.3 is 0 Å². The van der Waals surface area contributed by atoms with Crippen molar-refractivity contribution in [1.82, 2.24) is 10.1 Å². The van der Waals surface area contributed by atoms with Gasteiger partial charge in [0, 0.05) is 30.6 Å². The molecule has 0 aliphatic carbocycles. The van der Waals surface area contributed by atoms with Gasteiger partial charge in [0.25, 0.3) is 0 Å². The van der Waals surface area contributed by atoms with Crippen molar-refractivity contribution in [2.24, 2.45) is 0 Å². The van der Waals surface area contributed by atoms with Gasteiger partial charge in [-0.2, -0.15) is 4.98 Å². The highest BCUT2D eigenvalue weighted by Gasteiger charge is 2.15. The Morgan fingerprint density at radius 3 is 3.04 bits per heavy atom. The molecule has 0 bridgehead atoms. The molecule has 7 heteroatoms. The molecule has 0 saturated carbocycles. The van der Waals surface area contributed by atoms with Gasteiger partial charge in [0.2, 0.25) is 17.7 Å². The van der Waals surface area contributed by atoms with Crippen LogP contribution in [0, 0.1) is 6.92 Å². The maximum Gasteiger partial charge on any atom is 0.226 e. The van der Waals surface area contributed by atoms with Crippen LogP contribution < -0.4 is 10.6 Å². The second kappa shape index (κ2) is 6.60. The van der Waals surface area contributed by atoms with Gasteiger partial charge in [-0.05, 0) is 43.5 Å². The standard InChI is InChI=1S/C16H18N4O3/c1-10-17-16(23-20-10)4-2-3-14(21)18-12-6-7-13-11(9-12)5-8-15(22)19-13/h6-7,9H,2-5,8H2,1H3,(H,18,21)(H,19,22). The normalized spacial score (nSPS) is 13.3. The molecule has 120 valence electrons. The van der Waals surface area contributed by atoms with Crippen molar-refractivity contribution in [3.05, 3.63) is 35.5 Å². The summed E-state index contributed by atoms with van der Waals surface area (Å²) in [4.78, 5) is 27.4. The molecular formula is C16H18N4O3. The van der Waals surface area contributed by atoms with Crippen LogP contribution in [0.2, 0.25) is 0 Å². The molecule has 2 amide bonds. The van der Waals surface area contributed by atoms with Gasteiger partial charge in [-0.25, -0.2) is 0 Å². The largest absolute Gasteiger partial charge is 0.339 e. The van der Waals surface area contributed by atoms with E-state index in [-0.39, 0.29) is 11.8 Å². The Kier molecular flexibility index (Phi) is 4.36. The summed E-state index contributed by atoms with van der Waals surface area (Å²) in [6.45, 7) is 1.76. The molecule has 2 heterocycles. The zero-order valence-corrected chi connectivity index (χ0v) is 12.9. The third-order valence-electron chi connectivity index (χ3n) is 3.65. The number of fused-ring (bicyclic) bond motifs is 1. The van der Waals surface area contributed by atoms with E-state index >= 15 is 0 Å². The summed E-state index contributed by atoms with van der Waals surface area (Å²) in [5, 5.41) is 9.41. The molecule has 23 heavy (non-hydrogen) atoms. The second-order valence-corrected chi connectivity index (χ2v) is 5.56. The maximum absolute atomic E-state index is 12.0. The van der Waals surface area contributed by atoms with Gasteiger partial charge in [0.15, 0.2) is 5.82 Å². The van der Waals surface area contributed by atoms with Crippen LogP contribution in [0.5, 0.6) is 0 Å². The smallest absolute Gasteiger partial charge is 0.226 e. The lowest BCUT2D eigenvalue weighted by Crippen LogP contribution is -2.19. The molecule has 0 unspecified atom stereocenters. The number of nitrogens with zero attached hydrogens (tertiary/aromatic N) is 2. The molecule has 3 rings (SSSR count). The van der Waals surface area contributed by atoms with E-state index in [1.807, 2.05) is 12.1 Å². The molecule has 0 saturated heterocycles. The lowest BCUT2D eigenvalue weighted by Gasteiger charge is -2.17. The molecule has 0 atom stereocenters. The Morgan fingerprint density at radius 1 is 1.39 bits per heavy atom. The SMILES string of the molecule is Cc1noc(CCCC(=O)Nc2ccc3c(c2)CCC(=O)N3)n1. The van der Waals surface area contributed by atoms with E-state index in [0.717, 1.165) is 16.9 Å². The summed E-state index contributed by atoms with van der Waals surface area (Å²) in [6, 6.07) is 5.53.